The van der Waals surface area contributed by atoms with E-state index >= 15 is 0 Å². The van der Waals surface area contributed by atoms with Gasteiger partial charge in [0.25, 0.3) is 0 Å². The van der Waals surface area contributed by atoms with Gasteiger partial charge in [-0.1, -0.05) is 10.3 Å². The molecule has 80 heavy (non-hydrogen) atoms. The topological polar surface area (TPSA) is 559 Å². The first kappa shape index (κ1) is 74.3. The summed E-state index contributed by atoms with van der Waals surface area (Å²) >= 11 is 0. The van der Waals surface area contributed by atoms with Crippen molar-refractivity contribution in [3.05, 3.63) is 59.7 Å². The minimum Gasteiger partial charge on any atom is -0.491 e. The zero-order valence-corrected chi connectivity index (χ0v) is 50.1. The molecule has 0 amide bonds. The van der Waals surface area contributed by atoms with Crippen LogP contribution in [-0.2, 0) is 64.3 Å². The molecule has 0 aromatic heterocycles. The summed E-state index contributed by atoms with van der Waals surface area (Å²) in [7, 11) is -42.5. The minimum absolute atomic E-state index is 0.250. The van der Waals surface area contributed by atoms with Gasteiger partial charge in [-0.05, 0) is 59.7 Å². The lowest BCUT2D eigenvalue weighted by Gasteiger charge is -2.29. The number of rotatable bonds is 42. The van der Waals surface area contributed by atoms with Crippen LogP contribution >= 0.6 is 68.4 Å². The molecule has 3 atom stereocenters. The first-order valence-corrected chi connectivity index (χ1v) is 38.6. The molecule has 0 heterocycles. The molecule has 46 heteroatoms. The van der Waals surface area contributed by atoms with Crippen molar-refractivity contribution < 1.29 is 147 Å². The van der Waals surface area contributed by atoms with E-state index in [1.54, 1.807) is 0 Å². The van der Waals surface area contributed by atoms with Crippen molar-refractivity contribution in [2.24, 2.45) is 10.3 Å². The monoisotopic (exact) mass is 1330 g/mol. The molecule has 0 aliphatic carbocycles. The molecule has 0 saturated carbocycles. The van der Waals surface area contributed by atoms with Gasteiger partial charge in [-0.25, -0.2) is 0 Å². The molecule has 37 nitrogen and oxygen atoms in total. The van der Waals surface area contributed by atoms with Crippen molar-refractivity contribution in [2.75, 3.05) is 123 Å². The van der Waals surface area contributed by atoms with E-state index in [9.17, 15) is 114 Å². The van der Waals surface area contributed by atoms with E-state index in [-0.39, 0.29) is 24.7 Å². The predicted octanol–water partition coefficient (Wildman–Crippen LogP) is 0.384. The van der Waals surface area contributed by atoms with Crippen molar-refractivity contribution in [1.82, 2.24) is 19.6 Å². The van der Waals surface area contributed by atoms with E-state index in [4.69, 9.17) is 32.7 Å². The first-order valence-electron chi connectivity index (χ1n) is 22.3. The molecule has 2 aromatic carbocycles. The Labute approximate surface area is 456 Å². The highest BCUT2D eigenvalue weighted by molar-refractivity contribution is 7.54. The third kappa shape index (κ3) is 40.4. The molecule has 15 N–H and O–H groups in total. The van der Waals surface area contributed by atoms with Crippen molar-refractivity contribution in [3.63, 3.8) is 0 Å². The Kier molecular flexibility index (Phi) is 30.8. The van der Waals surface area contributed by atoms with Crippen LogP contribution in [0, 0.1) is 0 Å². The standard InChI is InChI=1S/C34H65N6O31P9/c1-72(41,42)71-34(20-67-35-18-30-2-6-32(7-3-30)65-14-16-69-79(61,62)28-39(26-77(55,56)57)12-10-37(22-73(43,44)45)23-74(46,47)48)21-68-36-19-31-4-8-33(9-5-31)66-15-17-70-80(63,64)29-40(27-78(58,59)60)13-11-38(24-75(49,50)51)25-76(52,53)54/h2-9,18-19,34H,10-17,20-29H2,1H3,(H,41,42)(H,61,62)(H,63,64)(H2,43,44,45)(H2,46,47,48)(H2,49,50,51)(H2,52,53,54)(H2,55,56,57)(H2,58,59,60)/b35-18+,36-19+. The Morgan fingerprint density at radius 2 is 0.675 bits per heavy atom. The summed E-state index contributed by atoms with van der Waals surface area (Å²) < 4.78 is 133. The van der Waals surface area contributed by atoms with Crippen molar-refractivity contribution >= 4 is 80.8 Å². The van der Waals surface area contributed by atoms with Crippen LogP contribution < -0.4 is 9.47 Å². The molecule has 2 rings (SSSR count). The summed E-state index contributed by atoms with van der Waals surface area (Å²) in [4.78, 5) is 156. The highest BCUT2D eigenvalue weighted by Gasteiger charge is 2.33. The summed E-state index contributed by atoms with van der Waals surface area (Å²) in [5.74, 6) is 0.499. The van der Waals surface area contributed by atoms with Gasteiger partial charge in [0, 0.05) is 32.8 Å². The highest BCUT2D eigenvalue weighted by Crippen LogP contribution is 2.48. The summed E-state index contributed by atoms with van der Waals surface area (Å²) in [6, 6.07) is 12.0. The van der Waals surface area contributed by atoms with Gasteiger partial charge in [0.1, 0.15) is 94.3 Å². The molecule has 0 bridgehead atoms. The van der Waals surface area contributed by atoms with Gasteiger partial charge >= 0.3 is 68.4 Å². The van der Waals surface area contributed by atoms with Gasteiger partial charge in [-0.3, -0.25) is 65.2 Å². The zero-order chi connectivity index (χ0) is 60.9. The van der Waals surface area contributed by atoms with Crippen LogP contribution in [0.2, 0.25) is 0 Å². The van der Waals surface area contributed by atoms with Crippen molar-refractivity contribution in [2.45, 2.75) is 6.10 Å². The van der Waals surface area contributed by atoms with Crippen LogP contribution in [-0.4, -0.2) is 234 Å². The second-order valence-corrected chi connectivity index (χ2v) is 32.2. The normalized spacial score (nSPS) is 16.1. The summed E-state index contributed by atoms with van der Waals surface area (Å²) in [6.45, 7) is -3.76. The van der Waals surface area contributed by atoms with Gasteiger partial charge in [0.2, 0.25) is 0 Å². The van der Waals surface area contributed by atoms with Gasteiger partial charge < -0.3 is 102 Å². The summed E-state index contributed by atoms with van der Waals surface area (Å²) in [5.41, 5.74) is 0.936. The molecule has 0 radical (unpaired) electrons. The third-order valence-corrected chi connectivity index (χ3v) is 17.0. The van der Waals surface area contributed by atoms with E-state index < -0.39 is 177 Å². The van der Waals surface area contributed by atoms with E-state index in [0.717, 1.165) is 16.5 Å². The summed E-state index contributed by atoms with van der Waals surface area (Å²) in [6.07, 6.45) is -7.31. The van der Waals surface area contributed by atoms with Crippen LogP contribution in [0.4, 0.5) is 0 Å². The maximum absolute atomic E-state index is 12.8. The van der Waals surface area contributed by atoms with E-state index in [0.29, 0.717) is 20.9 Å². The highest BCUT2D eigenvalue weighted by atomic mass is 31.2. The Morgan fingerprint density at radius 1 is 0.412 bits per heavy atom. The lowest BCUT2D eigenvalue weighted by Crippen LogP contribution is -2.37. The fourth-order valence-electron chi connectivity index (χ4n) is 6.27. The maximum atomic E-state index is 12.8. The fraction of sp³-hybridized carbons (Fsp3) is 0.588. The third-order valence-electron chi connectivity index (χ3n) is 9.00. The second kappa shape index (κ2) is 33.2. The number of oxime groups is 2. The number of benzene rings is 2. The number of ether oxygens (including phenoxy) is 2. The predicted molar refractivity (Wildman–Crippen MR) is 281 cm³/mol. The molecular weight excluding hydrogens is 1270 g/mol. The average Bonchev–Trinajstić information content (AvgIpc) is 3.24. The van der Waals surface area contributed by atoms with Crippen LogP contribution in [0.1, 0.15) is 11.1 Å². The van der Waals surface area contributed by atoms with Crippen LogP contribution in [0.5, 0.6) is 11.5 Å². The SMILES string of the molecule is CP(=O)(O)OC(CO/N=C/c1ccc(OCCOP(=O)(O)CN(CCN(CP(=O)(O)O)CP(=O)(O)O)CP(=O)(O)O)cc1)CO/N=C/c1ccc(OCCOP(=O)(O)CN(CCN(CP(=O)(O)O)CP(=O)(O)O)CP(=O)(O)O)cc1. The molecule has 3 unspecified atom stereocenters. The Hall–Kier alpha value is -1.83. The van der Waals surface area contributed by atoms with Crippen LogP contribution in [0.25, 0.3) is 0 Å². The molecule has 0 aliphatic heterocycles. The zero-order valence-electron chi connectivity index (χ0n) is 42.0. The Morgan fingerprint density at radius 3 is 0.925 bits per heavy atom. The molecule has 0 spiro atoms. The number of hydrogen-bond acceptors (Lipinski definition) is 22. The number of nitrogens with zero attached hydrogens (tertiary/aromatic N) is 6. The average molecular weight is 1330 g/mol. The Balaban J connectivity index is 1.85. The number of hydrogen-bond donors (Lipinski definition) is 15. The minimum atomic E-state index is -4.88. The van der Waals surface area contributed by atoms with Gasteiger partial charge in [0.05, 0.1) is 25.6 Å². The van der Waals surface area contributed by atoms with Crippen LogP contribution in [0.15, 0.2) is 58.8 Å². The van der Waals surface area contributed by atoms with Gasteiger partial charge in [-0.2, -0.15) is 0 Å². The molecule has 2 aromatic rings. The molecular formula is C34H65N6O31P9. The maximum Gasteiger partial charge on any atom is 0.342 e. The van der Waals surface area contributed by atoms with Crippen molar-refractivity contribution in [1.29, 1.82) is 0 Å². The lowest BCUT2D eigenvalue weighted by atomic mass is 10.2. The lowest BCUT2D eigenvalue weighted by molar-refractivity contribution is -0.00647. The molecule has 0 aliphatic rings. The summed E-state index contributed by atoms with van der Waals surface area (Å²) in [5, 5.41) is 7.58. The van der Waals surface area contributed by atoms with E-state index in [1.165, 1.54) is 61.0 Å². The van der Waals surface area contributed by atoms with E-state index in [2.05, 4.69) is 10.3 Å². The fourth-order valence-corrected chi connectivity index (χ4v) is 14.5. The van der Waals surface area contributed by atoms with Gasteiger partial charge in [0.15, 0.2) is 0 Å². The molecule has 0 fully saturated rings. The van der Waals surface area contributed by atoms with E-state index in [1.807, 2.05) is 0 Å². The second-order valence-electron chi connectivity index (χ2n) is 17.1. The van der Waals surface area contributed by atoms with Crippen LogP contribution in [0.3, 0.4) is 0 Å². The molecule has 462 valence electrons. The first-order chi connectivity index (χ1) is 36.4. The largest absolute Gasteiger partial charge is 0.491 e. The van der Waals surface area contributed by atoms with Crippen molar-refractivity contribution in [3.8, 4) is 11.5 Å². The Bertz CT molecular complexity index is 2500. The smallest absolute Gasteiger partial charge is 0.342 e. The van der Waals surface area contributed by atoms with Gasteiger partial charge in [-0.15, -0.1) is 0 Å². The quantitative estimate of drug-likeness (QED) is 0.0185. The molecule has 0 saturated heterocycles.